The lowest BCUT2D eigenvalue weighted by molar-refractivity contribution is -0.131. The SMILES string of the molecule is Cc1[nH][nH]c(=O)c1CC(=O)N1CCC[C@H]1c1nc2ccc(Cl)cc2[nH]1. The third kappa shape index (κ3) is 2.84. The van der Waals surface area contributed by atoms with Crippen LogP contribution in [0.2, 0.25) is 5.02 Å². The number of carbonyl (C=O) groups excluding carboxylic acids is 1. The van der Waals surface area contributed by atoms with Crippen LogP contribution in [-0.4, -0.2) is 37.5 Å². The molecule has 1 aliphatic rings. The van der Waals surface area contributed by atoms with E-state index in [4.69, 9.17) is 11.6 Å². The van der Waals surface area contributed by atoms with Crippen LogP contribution in [-0.2, 0) is 11.2 Å². The van der Waals surface area contributed by atoms with E-state index in [1.165, 1.54) is 0 Å². The fraction of sp³-hybridized carbons (Fsp3) is 0.353. The summed E-state index contributed by atoms with van der Waals surface area (Å²) in [7, 11) is 0. The smallest absolute Gasteiger partial charge is 0.267 e. The highest BCUT2D eigenvalue weighted by Gasteiger charge is 2.32. The van der Waals surface area contributed by atoms with Crippen molar-refractivity contribution >= 4 is 28.5 Å². The van der Waals surface area contributed by atoms with Crippen LogP contribution < -0.4 is 5.56 Å². The average molecular weight is 360 g/mol. The minimum atomic E-state index is -0.236. The van der Waals surface area contributed by atoms with Gasteiger partial charge >= 0.3 is 0 Å². The van der Waals surface area contributed by atoms with Crippen LogP contribution in [0, 0.1) is 6.92 Å². The van der Waals surface area contributed by atoms with Crippen LogP contribution >= 0.6 is 11.6 Å². The molecule has 1 amide bonds. The number of rotatable bonds is 3. The van der Waals surface area contributed by atoms with Gasteiger partial charge in [-0.3, -0.25) is 14.7 Å². The number of nitrogens with one attached hydrogen (secondary N) is 3. The van der Waals surface area contributed by atoms with E-state index < -0.39 is 0 Å². The van der Waals surface area contributed by atoms with Crippen molar-refractivity contribution in [3.63, 3.8) is 0 Å². The van der Waals surface area contributed by atoms with Crippen LogP contribution in [0.15, 0.2) is 23.0 Å². The lowest BCUT2D eigenvalue weighted by atomic mass is 10.1. The number of likely N-dealkylation sites (tertiary alicyclic amines) is 1. The molecule has 4 rings (SSSR count). The molecule has 3 heterocycles. The Morgan fingerprint density at radius 3 is 3.00 bits per heavy atom. The standard InChI is InChI=1S/C17H18ClN5O2/c1-9-11(17(25)22-21-9)8-15(24)23-6-2-3-14(23)16-19-12-5-4-10(18)7-13(12)20-16/h4-5,7,14H,2-3,6,8H2,1H3,(H,19,20)(H2,21,22,25)/t14-/m0/s1. The molecule has 1 aliphatic heterocycles. The molecule has 0 saturated carbocycles. The van der Waals surface area contributed by atoms with Crippen molar-refractivity contribution in [3.8, 4) is 0 Å². The zero-order valence-corrected chi connectivity index (χ0v) is 14.5. The number of aromatic amines is 3. The molecule has 8 heteroatoms. The monoisotopic (exact) mass is 359 g/mol. The predicted molar refractivity (Wildman–Crippen MR) is 94.6 cm³/mol. The van der Waals surface area contributed by atoms with Gasteiger partial charge in [-0.05, 0) is 38.0 Å². The van der Waals surface area contributed by atoms with Crippen molar-refractivity contribution in [3.05, 3.63) is 50.7 Å². The Hall–Kier alpha value is -2.54. The number of nitrogens with zero attached hydrogens (tertiary/aromatic N) is 2. The Morgan fingerprint density at radius 1 is 1.40 bits per heavy atom. The highest BCUT2D eigenvalue weighted by molar-refractivity contribution is 6.31. The second kappa shape index (κ2) is 6.07. The number of aryl methyl sites for hydroxylation is 1. The first-order chi connectivity index (χ1) is 12.0. The van der Waals surface area contributed by atoms with E-state index >= 15 is 0 Å². The molecule has 0 aliphatic carbocycles. The van der Waals surface area contributed by atoms with E-state index in [0.717, 1.165) is 29.7 Å². The first-order valence-corrected chi connectivity index (χ1v) is 8.61. The fourth-order valence-electron chi connectivity index (χ4n) is 3.45. The van der Waals surface area contributed by atoms with Crippen LogP contribution in [0.25, 0.3) is 11.0 Å². The summed E-state index contributed by atoms with van der Waals surface area (Å²) in [5.74, 6) is 0.706. The van der Waals surface area contributed by atoms with Gasteiger partial charge in [-0.15, -0.1) is 0 Å². The van der Waals surface area contributed by atoms with Crippen molar-refractivity contribution in [1.29, 1.82) is 0 Å². The molecule has 3 aromatic rings. The number of halogens is 1. The lowest BCUT2D eigenvalue weighted by Crippen LogP contribution is -2.33. The number of benzene rings is 1. The average Bonchev–Trinajstić information content (AvgIpc) is 3.28. The zero-order valence-electron chi connectivity index (χ0n) is 13.7. The first kappa shape index (κ1) is 16.0. The maximum atomic E-state index is 12.8. The lowest BCUT2D eigenvalue weighted by Gasteiger charge is -2.23. The van der Waals surface area contributed by atoms with Gasteiger partial charge in [0, 0.05) is 22.8 Å². The Kier molecular flexibility index (Phi) is 3.88. The van der Waals surface area contributed by atoms with E-state index in [2.05, 4.69) is 20.2 Å². The number of hydrogen-bond acceptors (Lipinski definition) is 3. The van der Waals surface area contributed by atoms with E-state index in [1.807, 2.05) is 17.0 Å². The van der Waals surface area contributed by atoms with Crippen molar-refractivity contribution in [2.24, 2.45) is 0 Å². The molecule has 1 fully saturated rings. The molecule has 2 aromatic heterocycles. The third-order valence-corrected chi connectivity index (χ3v) is 5.00. The summed E-state index contributed by atoms with van der Waals surface area (Å²) >= 11 is 6.03. The molecule has 25 heavy (non-hydrogen) atoms. The number of H-pyrrole nitrogens is 3. The van der Waals surface area contributed by atoms with Gasteiger partial charge in [-0.25, -0.2) is 4.98 Å². The minimum absolute atomic E-state index is 0.0609. The minimum Gasteiger partial charge on any atom is -0.340 e. The zero-order chi connectivity index (χ0) is 17.6. The summed E-state index contributed by atoms with van der Waals surface area (Å²) in [5.41, 5.74) is 2.65. The summed E-state index contributed by atoms with van der Waals surface area (Å²) in [5, 5.41) is 5.92. The molecule has 0 unspecified atom stereocenters. The largest absolute Gasteiger partial charge is 0.340 e. The molecular formula is C17H18ClN5O2. The molecule has 1 aromatic carbocycles. The number of fused-ring (bicyclic) bond motifs is 1. The molecular weight excluding hydrogens is 342 g/mol. The van der Waals surface area contributed by atoms with Gasteiger partial charge in [-0.2, -0.15) is 0 Å². The van der Waals surface area contributed by atoms with Crippen molar-refractivity contribution < 1.29 is 4.79 Å². The molecule has 0 radical (unpaired) electrons. The molecule has 1 saturated heterocycles. The summed E-state index contributed by atoms with van der Waals surface area (Å²) < 4.78 is 0. The first-order valence-electron chi connectivity index (χ1n) is 8.23. The Labute approximate surface area is 148 Å². The molecule has 130 valence electrons. The van der Waals surface area contributed by atoms with Gasteiger partial charge in [0.05, 0.1) is 23.5 Å². The summed E-state index contributed by atoms with van der Waals surface area (Å²) in [4.78, 5) is 34.3. The van der Waals surface area contributed by atoms with Gasteiger partial charge in [0.15, 0.2) is 0 Å². The van der Waals surface area contributed by atoms with Gasteiger partial charge in [0.1, 0.15) is 5.82 Å². The van der Waals surface area contributed by atoms with Gasteiger partial charge in [0.2, 0.25) is 5.91 Å². The topological polar surface area (TPSA) is 97.6 Å². The van der Waals surface area contributed by atoms with E-state index in [9.17, 15) is 9.59 Å². The molecule has 0 spiro atoms. The summed E-state index contributed by atoms with van der Waals surface area (Å²) in [6.07, 6.45) is 1.85. The van der Waals surface area contributed by atoms with Gasteiger partial charge < -0.3 is 15.0 Å². The van der Waals surface area contributed by atoms with Crippen LogP contribution in [0.1, 0.15) is 36.0 Å². The molecule has 3 N–H and O–H groups in total. The van der Waals surface area contributed by atoms with Gasteiger partial charge in [-0.1, -0.05) is 11.6 Å². The van der Waals surface area contributed by atoms with E-state index in [0.29, 0.717) is 22.8 Å². The Morgan fingerprint density at radius 2 is 2.24 bits per heavy atom. The second-order valence-corrected chi connectivity index (χ2v) is 6.82. The number of amides is 1. The Bertz CT molecular complexity index is 1000. The van der Waals surface area contributed by atoms with E-state index in [1.54, 1.807) is 13.0 Å². The highest BCUT2D eigenvalue weighted by atomic mass is 35.5. The van der Waals surface area contributed by atoms with Gasteiger partial charge in [0.25, 0.3) is 5.56 Å². The summed E-state index contributed by atoms with van der Waals surface area (Å²) in [6.45, 7) is 2.45. The molecule has 7 nitrogen and oxygen atoms in total. The summed E-state index contributed by atoms with van der Waals surface area (Å²) in [6, 6.07) is 5.39. The third-order valence-electron chi connectivity index (χ3n) is 4.77. The highest BCUT2D eigenvalue weighted by Crippen LogP contribution is 2.32. The van der Waals surface area contributed by atoms with E-state index in [-0.39, 0.29) is 23.9 Å². The van der Waals surface area contributed by atoms with Crippen LogP contribution in [0.4, 0.5) is 0 Å². The second-order valence-electron chi connectivity index (χ2n) is 6.39. The normalized spacial score (nSPS) is 17.5. The van der Waals surface area contributed by atoms with Crippen LogP contribution in [0.5, 0.6) is 0 Å². The number of hydrogen-bond donors (Lipinski definition) is 3. The number of carbonyl (C=O) groups is 1. The van der Waals surface area contributed by atoms with Crippen molar-refractivity contribution in [2.75, 3.05) is 6.54 Å². The molecule has 0 bridgehead atoms. The quantitative estimate of drug-likeness (QED) is 0.670. The maximum Gasteiger partial charge on any atom is 0.267 e. The van der Waals surface area contributed by atoms with Crippen molar-refractivity contribution in [1.82, 2.24) is 25.1 Å². The van der Waals surface area contributed by atoms with Crippen molar-refractivity contribution in [2.45, 2.75) is 32.2 Å². The number of imidazole rings is 1. The fourth-order valence-corrected chi connectivity index (χ4v) is 3.62. The maximum absolute atomic E-state index is 12.8. The molecule has 1 atom stereocenters. The van der Waals surface area contributed by atoms with Crippen LogP contribution in [0.3, 0.4) is 0 Å². The number of aromatic nitrogens is 4. The predicted octanol–water partition coefficient (Wildman–Crippen LogP) is 2.45. The Balaban J connectivity index is 1.61.